The number of hydrogen-bond acceptors (Lipinski definition) is 5. The third kappa shape index (κ3) is 5.55. The molecule has 0 aromatic heterocycles. The van der Waals surface area contributed by atoms with Crippen LogP contribution in [0.2, 0.25) is 0 Å². The summed E-state index contributed by atoms with van der Waals surface area (Å²) in [6, 6.07) is -0.424. The SMILES string of the molecule is COC(=O)NS(=O)(=O)NC(CN)C(C)C. The lowest BCUT2D eigenvalue weighted by Crippen LogP contribution is -2.49. The Morgan fingerprint density at radius 2 is 2.00 bits per heavy atom. The van der Waals surface area contributed by atoms with Crippen molar-refractivity contribution in [2.24, 2.45) is 11.7 Å². The summed E-state index contributed by atoms with van der Waals surface area (Å²) in [5.41, 5.74) is 5.37. The Balaban J connectivity index is 4.42. The van der Waals surface area contributed by atoms with Gasteiger partial charge in [-0.2, -0.15) is 13.1 Å². The van der Waals surface area contributed by atoms with E-state index in [1.807, 2.05) is 13.8 Å². The topological polar surface area (TPSA) is 111 Å². The van der Waals surface area contributed by atoms with Crippen LogP contribution in [-0.2, 0) is 14.9 Å². The van der Waals surface area contributed by atoms with Crippen molar-refractivity contribution >= 4 is 16.3 Å². The zero-order valence-corrected chi connectivity index (χ0v) is 9.80. The van der Waals surface area contributed by atoms with Gasteiger partial charge < -0.3 is 10.5 Å². The number of ether oxygens (including phenoxy) is 1. The summed E-state index contributed by atoms with van der Waals surface area (Å²) in [6.07, 6.45) is -1.04. The van der Waals surface area contributed by atoms with Gasteiger partial charge in [0.25, 0.3) is 0 Å². The van der Waals surface area contributed by atoms with Crippen LogP contribution in [0.1, 0.15) is 13.8 Å². The molecule has 1 atom stereocenters. The Bertz CT molecular complexity index is 301. The van der Waals surface area contributed by atoms with Crippen LogP contribution < -0.4 is 15.2 Å². The minimum absolute atomic E-state index is 0.0317. The average molecular weight is 239 g/mol. The summed E-state index contributed by atoms with van der Waals surface area (Å²) in [7, 11) is -2.83. The summed E-state index contributed by atoms with van der Waals surface area (Å²) >= 11 is 0. The van der Waals surface area contributed by atoms with Crippen molar-refractivity contribution in [3.8, 4) is 0 Å². The Labute approximate surface area is 89.5 Å². The van der Waals surface area contributed by atoms with Gasteiger partial charge in [0, 0.05) is 12.6 Å². The van der Waals surface area contributed by atoms with Crippen LogP contribution in [0, 0.1) is 5.92 Å². The van der Waals surface area contributed by atoms with Gasteiger partial charge in [-0.1, -0.05) is 13.8 Å². The molecule has 15 heavy (non-hydrogen) atoms. The van der Waals surface area contributed by atoms with Gasteiger partial charge >= 0.3 is 16.3 Å². The Kier molecular flexibility index (Phi) is 5.55. The van der Waals surface area contributed by atoms with E-state index in [-0.39, 0.29) is 12.5 Å². The number of amides is 1. The Morgan fingerprint density at radius 3 is 2.33 bits per heavy atom. The molecule has 0 aromatic rings. The first-order chi connectivity index (χ1) is 6.82. The highest BCUT2D eigenvalue weighted by Gasteiger charge is 2.21. The van der Waals surface area contributed by atoms with E-state index in [1.165, 1.54) is 0 Å². The van der Waals surface area contributed by atoms with Crippen LogP contribution in [0.3, 0.4) is 0 Å². The van der Waals surface area contributed by atoms with Crippen molar-refractivity contribution in [2.75, 3.05) is 13.7 Å². The van der Waals surface area contributed by atoms with E-state index in [1.54, 1.807) is 4.72 Å². The molecule has 0 aromatic carbocycles. The highest BCUT2D eigenvalue weighted by molar-refractivity contribution is 7.88. The Hall–Kier alpha value is -0.860. The number of hydrogen-bond donors (Lipinski definition) is 3. The highest BCUT2D eigenvalue weighted by atomic mass is 32.2. The molecule has 0 spiro atoms. The van der Waals surface area contributed by atoms with Gasteiger partial charge in [0.1, 0.15) is 0 Å². The minimum atomic E-state index is -3.90. The van der Waals surface area contributed by atoms with Crippen molar-refractivity contribution in [3.05, 3.63) is 0 Å². The van der Waals surface area contributed by atoms with E-state index in [9.17, 15) is 13.2 Å². The third-order valence-corrected chi connectivity index (χ3v) is 2.82. The van der Waals surface area contributed by atoms with Crippen molar-refractivity contribution < 1.29 is 17.9 Å². The fraction of sp³-hybridized carbons (Fsp3) is 0.857. The fourth-order valence-corrected chi connectivity index (χ4v) is 1.97. The number of rotatable bonds is 5. The predicted molar refractivity (Wildman–Crippen MR) is 55.3 cm³/mol. The molecule has 0 saturated carbocycles. The lowest BCUT2D eigenvalue weighted by molar-refractivity contribution is 0.177. The second-order valence-corrected chi connectivity index (χ2v) is 4.75. The lowest BCUT2D eigenvalue weighted by atomic mass is 10.1. The molecule has 0 saturated heterocycles. The summed E-state index contributed by atoms with van der Waals surface area (Å²) in [6.45, 7) is 3.79. The molecular weight excluding hydrogens is 222 g/mol. The number of nitrogens with one attached hydrogen (secondary N) is 2. The normalized spacial score (nSPS) is 13.7. The van der Waals surface area contributed by atoms with Crippen LogP contribution in [-0.4, -0.2) is 34.2 Å². The standard InChI is InChI=1S/C7H17N3O4S/c1-5(2)6(4-8)9-15(12,13)10-7(11)14-3/h5-6,9H,4,8H2,1-3H3,(H,10,11). The zero-order valence-electron chi connectivity index (χ0n) is 8.98. The van der Waals surface area contributed by atoms with Crippen LogP contribution in [0.4, 0.5) is 4.79 Å². The molecule has 0 rings (SSSR count). The van der Waals surface area contributed by atoms with Gasteiger partial charge in [-0.05, 0) is 5.92 Å². The smallest absolute Gasteiger partial charge is 0.421 e. The van der Waals surface area contributed by atoms with E-state index in [0.717, 1.165) is 7.11 Å². The Morgan fingerprint density at radius 1 is 1.47 bits per heavy atom. The van der Waals surface area contributed by atoms with Gasteiger partial charge in [0.15, 0.2) is 0 Å². The molecule has 4 N–H and O–H groups in total. The van der Waals surface area contributed by atoms with E-state index in [0.29, 0.717) is 0 Å². The van der Waals surface area contributed by atoms with E-state index < -0.39 is 22.3 Å². The molecule has 0 aliphatic rings. The summed E-state index contributed by atoms with van der Waals surface area (Å²) < 4.78 is 30.7. The van der Waals surface area contributed by atoms with Crippen LogP contribution in [0.25, 0.3) is 0 Å². The van der Waals surface area contributed by atoms with Crippen molar-refractivity contribution in [1.82, 2.24) is 9.44 Å². The molecule has 0 aliphatic carbocycles. The maximum absolute atomic E-state index is 11.3. The quantitative estimate of drug-likeness (QED) is 0.579. The first-order valence-electron chi connectivity index (χ1n) is 4.40. The molecule has 0 bridgehead atoms. The molecule has 0 aliphatic heterocycles. The van der Waals surface area contributed by atoms with Gasteiger partial charge in [-0.15, -0.1) is 0 Å². The number of carbonyl (C=O) groups is 1. The molecule has 90 valence electrons. The molecule has 0 fully saturated rings. The minimum Gasteiger partial charge on any atom is -0.452 e. The summed E-state index contributed by atoms with van der Waals surface area (Å²) in [5, 5.41) is 0. The third-order valence-electron chi connectivity index (χ3n) is 1.77. The second-order valence-electron chi connectivity index (χ2n) is 3.30. The van der Waals surface area contributed by atoms with Gasteiger partial charge in [-0.3, -0.25) is 0 Å². The second kappa shape index (κ2) is 5.89. The molecule has 1 amide bonds. The highest BCUT2D eigenvalue weighted by Crippen LogP contribution is 2.00. The van der Waals surface area contributed by atoms with Crippen LogP contribution in [0.5, 0.6) is 0 Å². The van der Waals surface area contributed by atoms with Crippen molar-refractivity contribution in [3.63, 3.8) is 0 Å². The molecule has 0 heterocycles. The van der Waals surface area contributed by atoms with Gasteiger partial charge in [0.2, 0.25) is 0 Å². The van der Waals surface area contributed by atoms with E-state index in [4.69, 9.17) is 5.73 Å². The van der Waals surface area contributed by atoms with E-state index in [2.05, 4.69) is 9.46 Å². The zero-order chi connectivity index (χ0) is 12.1. The van der Waals surface area contributed by atoms with Crippen LogP contribution in [0.15, 0.2) is 0 Å². The maximum atomic E-state index is 11.3. The van der Waals surface area contributed by atoms with E-state index >= 15 is 0 Å². The number of methoxy groups -OCH3 is 1. The molecule has 8 heteroatoms. The molecule has 0 radical (unpaired) electrons. The monoisotopic (exact) mass is 239 g/mol. The first-order valence-corrected chi connectivity index (χ1v) is 5.88. The number of nitrogens with two attached hydrogens (primary N) is 1. The largest absolute Gasteiger partial charge is 0.452 e. The fourth-order valence-electron chi connectivity index (χ4n) is 0.836. The lowest BCUT2D eigenvalue weighted by Gasteiger charge is -2.20. The first kappa shape index (κ1) is 14.1. The molecular formula is C7H17N3O4S. The maximum Gasteiger partial charge on any atom is 0.421 e. The average Bonchev–Trinajstić information content (AvgIpc) is 2.13. The van der Waals surface area contributed by atoms with Gasteiger partial charge in [-0.25, -0.2) is 9.52 Å². The molecule has 7 nitrogen and oxygen atoms in total. The predicted octanol–water partition coefficient (Wildman–Crippen LogP) is -0.840. The summed E-state index contributed by atoms with van der Waals surface area (Å²) in [5.74, 6) is 0.0317. The van der Waals surface area contributed by atoms with Crippen molar-refractivity contribution in [1.29, 1.82) is 0 Å². The molecule has 1 unspecified atom stereocenters. The van der Waals surface area contributed by atoms with Gasteiger partial charge in [0.05, 0.1) is 7.11 Å². The van der Waals surface area contributed by atoms with Crippen molar-refractivity contribution in [2.45, 2.75) is 19.9 Å². The summed E-state index contributed by atoms with van der Waals surface area (Å²) in [4.78, 5) is 10.7. The number of carbonyl (C=O) groups excluding carboxylic acids is 1. The van der Waals surface area contributed by atoms with Crippen LogP contribution >= 0.6 is 0 Å².